The molecule has 9 heteroatoms. The summed E-state index contributed by atoms with van der Waals surface area (Å²) in [6.07, 6.45) is 4.82. The normalized spacial score (nSPS) is 15.3. The number of carbonyl (C=O) groups is 1. The van der Waals surface area contributed by atoms with Gasteiger partial charge in [-0.1, -0.05) is 0 Å². The Labute approximate surface area is 149 Å². The Balaban J connectivity index is 1.59. The highest BCUT2D eigenvalue weighted by Crippen LogP contribution is 2.20. The molecule has 9 nitrogen and oxygen atoms in total. The van der Waals surface area contributed by atoms with Gasteiger partial charge in [0.25, 0.3) is 5.91 Å². The van der Waals surface area contributed by atoms with Gasteiger partial charge in [-0.3, -0.25) is 9.48 Å². The van der Waals surface area contributed by atoms with Crippen LogP contribution in [0.5, 0.6) is 0 Å². The maximum absolute atomic E-state index is 12.9. The van der Waals surface area contributed by atoms with E-state index in [1.54, 1.807) is 28.7 Å². The minimum Gasteiger partial charge on any atom is -0.396 e. The number of carbonyl (C=O) groups excluding carboxylic acids is 1. The lowest BCUT2D eigenvalue weighted by molar-refractivity contribution is 0.0707. The fourth-order valence-corrected chi connectivity index (χ4v) is 3.16. The van der Waals surface area contributed by atoms with Crippen molar-refractivity contribution in [1.29, 1.82) is 0 Å². The van der Waals surface area contributed by atoms with Crippen LogP contribution in [0.1, 0.15) is 40.3 Å². The van der Waals surface area contributed by atoms with E-state index in [-0.39, 0.29) is 12.5 Å². The Morgan fingerprint density at radius 1 is 1.35 bits per heavy atom. The average molecular weight is 356 g/mol. The first-order valence-corrected chi connectivity index (χ1v) is 8.54. The Hall–Kier alpha value is -2.78. The Morgan fingerprint density at radius 2 is 2.19 bits per heavy atom. The first-order valence-electron chi connectivity index (χ1n) is 8.54. The predicted molar refractivity (Wildman–Crippen MR) is 91.4 cm³/mol. The molecule has 136 valence electrons. The summed E-state index contributed by atoms with van der Waals surface area (Å²) in [4.78, 5) is 19.0. The topological polar surface area (TPSA) is 109 Å². The van der Waals surface area contributed by atoms with Gasteiger partial charge in [-0.25, -0.2) is 9.50 Å². The molecule has 0 radical (unpaired) electrons. The molecule has 0 saturated carbocycles. The van der Waals surface area contributed by atoms with Crippen molar-refractivity contribution in [3.05, 3.63) is 47.2 Å². The molecule has 3 aromatic heterocycles. The maximum Gasteiger partial charge on any atom is 0.259 e. The Bertz CT molecular complexity index is 961. The van der Waals surface area contributed by atoms with E-state index < -0.39 is 6.10 Å². The molecule has 3 aromatic rings. The zero-order chi connectivity index (χ0) is 18.3. The van der Waals surface area contributed by atoms with Crippen LogP contribution in [0.25, 0.3) is 5.65 Å². The van der Waals surface area contributed by atoms with Crippen LogP contribution in [0.3, 0.4) is 0 Å². The molecule has 0 saturated heterocycles. The van der Waals surface area contributed by atoms with Crippen molar-refractivity contribution >= 4 is 11.6 Å². The van der Waals surface area contributed by atoms with Crippen LogP contribution < -0.4 is 0 Å². The molecule has 0 fully saturated rings. The number of aliphatic hydroxyl groups is 2. The average Bonchev–Trinajstić information content (AvgIpc) is 3.24. The number of aliphatic hydroxyl groups excluding tert-OH is 2. The fourth-order valence-electron chi connectivity index (χ4n) is 3.16. The molecule has 0 unspecified atom stereocenters. The minimum atomic E-state index is -0.630. The van der Waals surface area contributed by atoms with Crippen LogP contribution in [0.4, 0.5) is 0 Å². The van der Waals surface area contributed by atoms with E-state index in [0.29, 0.717) is 43.0 Å². The van der Waals surface area contributed by atoms with E-state index in [1.165, 1.54) is 6.20 Å². The van der Waals surface area contributed by atoms with Crippen molar-refractivity contribution in [2.75, 3.05) is 13.2 Å². The number of rotatable bonds is 4. The zero-order valence-corrected chi connectivity index (χ0v) is 14.4. The van der Waals surface area contributed by atoms with Crippen LogP contribution in [-0.2, 0) is 19.5 Å². The summed E-state index contributed by atoms with van der Waals surface area (Å²) in [6, 6.07) is 1.83. The first-order chi connectivity index (χ1) is 12.6. The third-order valence-electron chi connectivity index (χ3n) is 4.57. The summed E-state index contributed by atoms with van der Waals surface area (Å²) in [5.41, 5.74) is 3.32. The fraction of sp³-hybridized carbons (Fsp3) is 0.412. The first kappa shape index (κ1) is 16.7. The molecule has 0 aromatic carbocycles. The molecule has 1 aliphatic rings. The van der Waals surface area contributed by atoms with Gasteiger partial charge in [0.1, 0.15) is 5.56 Å². The molecule has 0 aliphatic carbocycles. The largest absolute Gasteiger partial charge is 0.396 e. The highest BCUT2D eigenvalue weighted by Gasteiger charge is 2.26. The van der Waals surface area contributed by atoms with Crippen LogP contribution in [-0.4, -0.2) is 58.6 Å². The summed E-state index contributed by atoms with van der Waals surface area (Å²) < 4.78 is 3.40. The van der Waals surface area contributed by atoms with Gasteiger partial charge in [0, 0.05) is 25.5 Å². The van der Waals surface area contributed by atoms with Crippen molar-refractivity contribution in [3.8, 4) is 0 Å². The molecule has 1 amide bonds. The van der Waals surface area contributed by atoms with Gasteiger partial charge in [-0.05, 0) is 25.0 Å². The van der Waals surface area contributed by atoms with Crippen LogP contribution >= 0.6 is 0 Å². The SMILES string of the molecule is C[C@@H](O)c1cc2n(n1)CCN(C(=O)c1cnn3cc(CCO)cnc13)C2. The van der Waals surface area contributed by atoms with Crippen molar-refractivity contribution in [3.63, 3.8) is 0 Å². The molecule has 4 heterocycles. The molecule has 1 aliphatic heterocycles. The lowest BCUT2D eigenvalue weighted by Crippen LogP contribution is -2.38. The van der Waals surface area contributed by atoms with Crippen molar-refractivity contribution in [2.24, 2.45) is 0 Å². The van der Waals surface area contributed by atoms with Gasteiger partial charge < -0.3 is 15.1 Å². The van der Waals surface area contributed by atoms with Gasteiger partial charge in [-0.15, -0.1) is 0 Å². The summed E-state index contributed by atoms with van der Waals surface area (Å²) in [6.45, 7) is 3.26. The van der Waals surface area contributed by atoms with Crippen molar-refractivity contribution < 1.29 is 15.0 Å². The summed E-state index contributed by atoms with van der Waals surface area (Å²) >= 11 is 0. The Morgan fingerprint density at radius 3 is 2.96 bits per heavy atom. The standard InChI is InChI=1S/C17H20N6O3/c1-11(25)15-6-13-10-21(3-4-22(13)20-15)17(26)14-8-19-23-9-12(2-5-24)7-18-16(14)23/h6-9,11,24-25H,2-5,10H2,1H3/t11-/m1/s1. The molecule has 1 atom stereocenters. The molecule has 4 rings (SSSR count). The van der Waals surface area contributed by atoms with Gasteiger partial charge >= 0.3 is 0 Å². The lowest BCUT2D eigenvalue weighted by atomic mass is 10.2. The van der Waals surface area contributed by atoms with E-state index in [4.69, 9.17) is 5.11 Å². The highest BCUT2D eigenvalue weighted by atomic mass is 16.3. The third-order valence-corrected chi connectivity index (χ3v) is 4.57. The van der Waals surface area contributed by atoms with E-state index >= 15 is 0 Å². The van der Waals surface area contributed by atoms with Crippen LogP contribution in [0, 0.1) is 0 Å². The molecule has 0 bridgehead atoms. The molecule has 2 N–H and O–H groups in total. The molecule has 0 spiro atoms. The minimum absolute atomic E-state index is 0.0378. The molecular formula is C17H20N6O3. The van der Waals surface area contributed by atoms with Gasteiger partial charge in [0.15, 0.2) is 5.65 Å². The predicted octanol–water partition coefficient (Wildman–Crippen LogP) is 0.170. The van der Waals surface area contributed by atoms with Crippen LogP contribution in [0.2, 0.25) is 0 Å². The summed E-state index contributed by atoms with van der Waals surface area (Å²) in [5.74, 6) is -0.131. The smallest absolute Gasteiger partial charge is 0.259 e. The van der Waals surface area contributed by atoms with Gasteiger partial charge in [0.05, 0.1) is 36.8 Å². The number of fused-ring (bicyclic) bond motifs is 2. The van der Waals surface area contributed by atoms with E-state index in [1.807, 2.05) is 10.7 Å². The number of hydrogen-bond acceptors (Lipinski definition) is 6. The van der Waals surface area contributed by atoms with E-state index in [2.05, 4.69) is 15.2 Å². The van der Waals surface area contributed by atoms with Crippen molar-refractivity contribution in [1.82, 2.24) is 29.3 Å². The Kier molecular flexibility index (Phi) is 4.17. The van der Waals surface area contributed by atoms with Crippen molar-refractivity contribution in [2.45, 2.75) is 32.5 Å². The van der Waals surface area contributed by atoms with Gasteiger partial charge in [0.2, 0.25) is 0 Å². The monoisotopic (exact) mass is 356 g/mol. The quantitative estimate of drug-likeness (QED) is 0.690. The highest BCUT2D eigenvalue weighted by molar-refractivity contribution is 5.99. The third kappa shape index (κ3) is 2.85. The van der Waals surface area contributed by atoms with Gasteiger partial charge in [-0.2, -0.15) is 10.2 Å². The number of aromatic nitrogens is 5. The summed E-state index contributed by atoms with van der Waals surface area (Å²) in [7, 11) is 0. The number of amides is 1. The van der Waals surface area contributed by atoms with Crippen LogP contribution in [0.15, 0.2) is 24.7 Å². The zero-order valence-electron chi connectivity index (χ0n) is 14.4. The lowest BCUT2D eigenvalue weighted by Gasteiger charge is -2.27. The van der Waals surface area contributed by atoms with E-state index in [9.17, 15) is 9.90 Å². The maximum atomic E-state index is 12.9. The number of nitrogens with zero attached hydrogens (tertiary/aromatic N) is 6. The second-order valence-electron chi connectivity index (χ2n) is 6.45. The second-order valence-corrected chi connectivity index (χ2v) is 6.45. The molecular weight excluding hydrogens is 336 g/mol. The second kappa shape index (κ2) is 6.50. The van der Waals surface area contributed by atoms with E-state index in [0.717, 1.165) is 11.3 Å². The number of hydrogen-bond donors (Lipinski definition) is 2. The molecule has 26 heavy (non-hydrogen) atoms. The summed E-state index contributed by atoms with van der Waals surface area (Å²) in [5, 5.41) is 27.3.